The zero-order valence-corrected chi connectivity index (χ0v) is 15.2. The summed E-state index contributed by atoms with van der Waals surface area (Å²) in [6.45, 7) is 3.94. The van der Waals surface area contributed by atoms with Crippen LogP contribution in [0.25, 0.3) is 0 Å². The van der Waals surface area contributed by atoms with E-state index in [1.807, 2.05) is 62.4 Å². The number of carbonyl (C=O) groups is 1. The van der Waals surface area contributed by atoms with Gasteiger partial charge in [-0.1, -0.05) is 36.4 Å². The molecule has 1 amide bonds. The van der Waals surface area contributed by atoms with Gasteiger partial charge >= 0.3 is 0 Å². The van der Waals surface area contributed by atoms with Gasteiger partial charge < -0.3 is 4.90 Å². The number of carbonyl (C=O) groups excluding carboxylic acids is 1. The van der Waals surface area contributed by atoms with Crippen LogP contribution in [0.3, 0.4) is 0 Å². The van der Waals surface area contributed by atoms with E-state index < -0.39 is 15.9 Å². The van der Waals surface area contributed by atoms with Gasteiger partial charge in [0.15, 0.2) is 9.84 Å². The molecule has 0 radical (unpaired) electrons. The minimum absolute atomic E-state index is 0.0689. The normalized spacial score (nSPS) is 18.2. The third-order valence-electron chi connectivity index (χ3n) is 4.19. The standard InChI is InChI=1S/C20H21NO3S/c1-15-10-16(2)12-19(11-15)21(18-8-9-25(23,24)14-18)20(22)13-17-6-4-3-5-7-17/h3-12,18H,13-14H2,1-2H3/t18-/m0/s1. The van der Waals surface area contributed by atoms with Crippen molar-refractivity contribution in [2.24, 2.45) is 0 Å². The smallest absolute Gasteiger partial charge is 0.231 e. The first-order valence-corrected chi connectivity index (χ1v) is 9.91. The minimum Gasteiger partial charge on any atom is -0.304 e. The second-order valence-electron chi connectivity index (χ2n) is 6.50. The van der Waals surface area contributed by atoms with Gasteiger partial charge in [-0.15, -0.1) is 0 Å². The van der Waals surface area contributed by atoms with E-state index in [-0.39, 0.29) is 18.1 Å². The van der Waals surface area contributed by atoms with Crippen LogP contribution < -0.4 is 4.90 Å². The lowest BCUT2D eigenvalue weighted by molar-refractivity contribution is -0.118. The largest absolute Gasteiger partial charge is 0.304 e. The van der Waals surface area contributed by atoms with E-state index in [0.717, 1.165) is 22.4 Å². The van der Waals surface area contributed by atoms with Crippen molar-refractivity contribution in [3.63, 3.8) is 0 Å². The summed E-state index contributed by atoms with van der Waals surface area (Å²) < 4.78 is 23.7. The Morgan fingerprint density at radius 3 is 2.28 bits per heavy atom. The van der Waals surface area contributed by atoms with E-state index in [2.05, 4.69) is 0 Å². The molecule has 3 rings (SSSR count). The summed E-state index contributed by atoms with van der Waals surface area (Å²) in [7, 11) is -3.25. The summed E-state index contributed by atoms with van der Waals surface area (Å²) in [6.07, 6.45) is 1.84. The third kappa shape index (κ3) is 4.17. The van der Waals surface area contributed by atoms with Gasteiger partial charge in [-0.25, -0.2) is 8.42 Å². The summed E-state index contributed by atoms with van der Waals surface area (Å²) in [5, 5.41) is 1.21. The molecule has 0 bridgehead atoms. The molecule has 0 aliphatic carbocycles. The van der Waals surface area contributed by atoms with Crippen molar-refractivity contribution in [3.8, 4) is 0 Å². The van der Waals surface area contributed by atoms with Crippen LogP contribution in [-0.4, -0.2) is 26.1 Å². The van der Waals surface area contributed by atoms with E-state index in [1.54, 1.807) is 11.0 Å². The summed E-state index contributed by atoms with van der Waals surface area (Å²) in [4.78, 5) is 14.7. The summed E-state index contributed by atoms with van der Waals surface area (Å²) in [5.41, 5.74) is 3.73. The predicted octanol–water partition coefficient (Wildman–Crippen LogP) is 3.19. The summed E-state index contributed by atoms with van der Waals surface area (Å²) >= 11 is 0. The molecule has 0 fully saturated rings. The monoisotopic (exact) mass is 355 g/mol. The molecule has 25 heavy (non-hydrogen) atoms. The first-order valence-electron chi connectivity index (χ1n) is 8.19. The van der Waals surface area contributed by atoms with Gasteiger partial charge in [0.05, 0.1) is 18.2 Å². The molecule has 5 heteroatoms. The molecule has 1 aliphatic heterocycles. The Morgan fingerprint density at radius 2 is 1.72 bits per heavy atom. The van der Waals surface area contributed by atoms with E-state index in [1.165, 1.54) is 5.41 Å². The van der Waals surface area contributed by atoms with E-state index in [0.29, 0.717) is 0 Å². The molecule has 1 heterocycles. The molecule has 130 valence electrons. The van der Waals surface area contributed by atoms with E-state index >= 15 is 0 Å². The topological polar surface area (TPSA) is 54.5 Å². The number of aryl methyl sites for hydroxylation is 2. The number of hydrogen-bond donors (Lipinski definition) is 0. The average Bonchev–Trinajstić information content (AvgIpc) is 2.87. The molecule has 0 spiro atoms. The lowest BCUT2D eigenvalue weighted by atomic mass is 10.1. The number of hydrogen-bond acceptors (Lipinski definition) is 3. The predicted molar refractivity (Wildman–Crippen MR) is 100 cm³/mol. The third-order valence-corrected chi connectivity index (χ3v) is 5.57. The van der Waals surface area contributed by atoms with Crippen LogP contribution >= 0.6 is 0 Å². The van der Waals surface area contributed by atoms with Crippen LogP contribution in [0.1, 0.15) is 16.7 Å². The molecular formula is C20H21NO3S. The molecule has 2 aromatic carbocycles. The number of sulfone groups is 1. The zero-order valence-electron chi connectivity index (χ0n) is 14.3. The number of benzene rings is 2. The lowest BCUT2D eigenvalue weighted by Crippen LogP contribution is -2.42. The van der Waals surface area contributed by atoms with Gasteiger partial charge in [-0.05, 0) is 48.7 Å². The Hall–Kier alpha value is -2.40. The van der Waals surface area contributed by atoms with Crippen molar-refractivity contribution in [2.75, 3.05) is 10.7 Å². The van der Waals surface area contributed by atoms with Crippen molar-refractivity contribution in [1.29, 1.82) is 0 Å². The fourth-order valence-corrected chi connectivity index (χ4v) is 4.45. The van der Waals surface area contributed by atoms with Crippen LogP contribution in [-0.2, 0) is 21.1 Å². The Balaban J connectivity index is 1.97. The van der Waals surface area contributed by atoms with Gasteiger partial charge in [0.2, 0.25) is 5.91 Å². The first-order chi connectivity index (χ1) is 11.8. The number of rotatable bonds is 4. The highest BCUT2D eigenvalue weighted by Crippen LogP contribution is 2.26. The molecule has 1 atom stereocenters. The average molecular weight is 355 g/mol. The summed E-state index contributed by atoms with van der Waals surface area (Å²) in [5.74, 6) is -0.177. The fraction of sp³-hybridized carbons (Fsp3) is 0.250. The van der Waals surface area contributed by atoms with Crippen LogP contribution in [0, 0.1) is 13.8 Å². The van der Waals surface area contributed by atoms with Crippen molar-refractivity contribution in [3.05, 3.63) is 76.7 Å². The molecular weight excluding hydrogens is 334 g/mol. The van der Waals surface area contributed by atoms with E-state index in [4.69, 9.17) is 0 Å². The van der Waals surface area contributed by atoms with Gasteiger partial charge in [0.1, 0.15) is 0 Å². The van der Waals surface area contributed by atoms with Crippen molar-refractivity contribution in [2.45, 2.75) is 26.3 Å². The second kappa shape index (κ2) is 6.84. The molecule has 0 saturated carbocycles. The second-order valence-corrected chi connectivity index (χ2v) is 8.43. The van der Waals surface area contributed by atoms with Crippen molar-refractivity contribution < 1.29 is 13.2 Å². The van der Waals surface area contributed by atoms with Gasteiger partial charge in [0.25, 0.3) is 0 Å². The Bertz CT molecular complexity index is 897. The number of nitrogens with zero attached hydrogens (tertiary/aromatic N) is 1. The molecule has 0 unspecified atom stereocenters. The highest BCUT2D eigenvalue weighted by Gasteiger charge is 2.31. The Kier molecular flexibility index (Phi) is 4.77. The van der Waals surface area contributed by atoms with E-state index in [9.17, 15) is 13.2 Å². The van der Waals surface area contributed by atoms with Gasteiger partial charge in [-0.2, -0.15) is 0 Å². The lowest BCUT2D eigenvalue weighted by Gasteiger charge is -2.28. The molecule has 1 aliphatic rings. The number of amides is 1. The first kappa shape index (κ1) is 17.4. The van der Waals surface area contributed by atoms with Crippen molar-refractivity contribution >= 4 is 21.4 Å². The van der Waals surface area contributed by atoms with Crippen LogP contribution in [0.4, 0.5) is 5.69 Å². The van der Waals surface area contributed by atoms with Crippen LogP contribution in [0.15, 0.2) is 60.0 Å². The zero-order chi connectivity index (χ0) is 18.0. The molecule has 0 aromatic heterocycles. The maximum atomic E-state index is 13.0. The molecule has 2 aromatic rings. The van der Waals surface area contributed by atoms with Crippen LogP contribution in [0.5, 0.6) is 0 Å². The Morgan fingerprint density at radius 1 is 1.08 bits per heavy atom. The highest BCUT2D eigenvalue weighted by atomic mass is 32.2. The Labute approximate surface area is 148 Å². The fourth-order valence-electron chi connectivity index (χ4n) is 3.19. The van der Waals surface area contributed by atoms with Gasteiger partial charge in [-0.3, -0.25) is 4.79 Å². The van der Waals surface area contributed by atoms with Crippen LogP contribution in [0.2, 0.25) is 0 Å². The molecule has 0 N–H and O–H groups in total. The van der Waals surface area contributed by atoms with Gasteiger partial charge in [0, 0.05) is 11.1 Å². The molecule has 0 saturated heterocycles. The number of anilines is 1. The van der Waals surface area contributed by atoms with Crippen molar-refractivity contribution in [1.82, 2.24) is 0 Å². The highest BCUT2D eigenvalue weighted by molar-refractivity contribution is 7.94. The maximum Gasteiger partial charge on any atom is 0.231 e. The quantitative estimate of drug-likeness (QED) is 0.846. The molecule has 4 nitrogen and oxygen atoms in total. The minimum atomic E-state index is -3.25. The summed E-state index contributed by atoms with van der Waals surface area (Å²) in [6, 6.07) is 14.9. The SMILES string of the molecule is Cc1cc(C)cc(N(C(=O)Cc2ccccc2)[C@H]2C=CS(=O)(=O)C2)c1. The maximum absolute atomic E-state index is 13.0.